The van der Waals surface area contributed by atoms with Gasteiger partial charge in [0.2, 0.25) is 5.88 Å². The van der Waals surface area contributed by atoms with Gasteiger partial charge in [0.05, 0.1) is 12.7 Å². The molecule has 0 aliphatic rings. The highest BCUT2D eigenvalue weighted by Crippen LogP contribution is 2.15. The van der Waals surface area contributed by atoms with Gasteiger partial charge in [-0.3, -0.25) is 0 Å². The predicted molar refractivity (Wildman–Crippen MR) is 72.8 cm³/mol. The van der Waals surface area contributed by atoms with Crippen LogP contribution >= 0.6 is 0 Å². The van der Waals surface area contributed by atoms with Gasteiger partial charge in [-0.2, -0.15) is 0 Å². The van der Waals surface area contributed by atoms with Crippen LogP contribution in [0.15, 0.2) is 18.3 Å². The van der Waals surface area contributed by atoms with E-state index >= 15 is 0 Å². The first kappa shape index (κ1) is 14.9. The molecule has 1 unspecified atom stereocenters. The van der Waals surface area contributed by atoms with Crippen molar-refractivity contribution in [3.05, 3.63) is 23.9 Å². The van der Waals surface area contributed by atoms with Crippen LogP contribution in [0.3, 0.4) is 0 Å². The van der Waals surface area contributed by atoms with Crippen LogP contribution in [-0.2, 0) is 11.3 Å². The molecule has 0 aliphatic heterocycles. The molecule has 0 amide bonds. The Bertz CT molecular complexity index is 349. The minimum atomic E-state index is -0.0927. The molecule has 1 rings (SSSR count). The normalized spacial score (nSPS) is 13.4. The van der Waals surface area contributed by atoms with Gasteiger partial charge in [-0.25, -0.2) is 4.98 Å². The lowest BCUT2D eigenvalue weighted by Gasteiger charge is -2.27. The largest absolute Gasteiger partial charge is 0.481 e. The Morgan fingerprint density at radius 2 is 2.06 bits per heavy atom. The lowest BCUT2D eigenvalue weighted by Crippen LogP contribution is -2.35. The van der Waals surface area contributed by atoms with Crippen LogP contribution in [0.25, 0.3) is 0 Å². The van der Waals surface area contributed by atoms with E-state index < -0.39 is 0 Å². The third-order valence-corrected chi connectivity index (χ3v) is 3.01. The van der Waals surface area contributed by atoms with Crippen molar-refractivity contribution in [2.75, 3.05) is 14.2 Å². The molecule has 0 fully saturated rings. The first-order valence-electron chi connectivity index (χ1n) is 6.24. The summed E-state index contributed by atoms with van der Waals surface area (Å²) in [5.41, 5.74) is 1.06. The number of aromatic nitrogens is 1. The highest BCUT2D eigenvalue weighted by atomic mass is 16.5. The molecule has 0 radical (unpaired) electrons. The van der Waals surface area contributed by atoms with Crippen molar-refractivity contribution in [3.8, 4) is 5.88 Å². The molecular formula is C14H24N2O2. The molecule has 102 valence electrons. The average molecular weight is 252 g/mol. The SMILES string of the molecule is COc1ccc(CNC(C)CC(C)(C)OC)cn1. The molecule has 0 aromatic carbocycles. The molecule has 1 aromatic rings. The maximum Gasteiger partial charge on any atom is 0.212 e. The number of hydrogen-bond acceptors (Lipinski definition) is 4. The lowest BCUT2D eigenvalue weighted by atomic mass is 10.00. The molecule has 0 spiro atoms. The Balaban J connectivity index is 2.39. The van der Waals surface area contributed by atoms with Crippen LogP contribution < -0.4 is 10.1 Å². The summed E-state index contributed by atoms with van der Waals surface area (Å²) >= 11 is 0. The zero-order chi connectivity index (χ0) is 13.6. The maximum atomic E-state index is 5.42. The number of nitrogens with zero attached hydrogens (tertiary/aromatic N) is 1. The molecule has 4 heteroatoms. The second kappa shape index (κ2) is 6.71. The monoisotopic (exact) mass is 252 g/mol. The van der Waals surface area contributed by atoms with Gasteiger partial charge in [0, 0.05) is 32.0 Å². The molecule has 18 heavy (non-hydrogen) atoms. The second-order valence-electron chi connectivity index (χ2n) is 5.16. The van der Waals surface area contributed by atoms with Gasteiger partial charge in [0.25, 0.3) is 0 Å². The molecule has 0 saturated carbocycles. The smallest absolute Gasteiger partial charge is 0.212 e. The molecular weight excluding hydrogens is 228 g/mol. The minimum Gasteiger partial charge on any atom is -0.481 e. The van der Waals surface area contributed by atoms with Crippen LogP contribution in [0.4, 0.5) is 0 Å². The van der Waals surface area contributed by atoms with E-state index in [9.17, 15) is 0 Å². The minimum absolute atomic E-state index is 0.0927. The van der Waals surface area contributed by atoms with Crippen molar-refractivity contribution < 1.29 is 9.47 Å². The van der Waals surface area contributed by atoms with E-state index in [2.05, 4.69) is 31.1 Å². The zero-order valence-electron chi connectivity index (χ0n) is 12.0. The van der Waals surface area contributed by atoms with E-state index in [1.807, 2.05) is 18.3 Å². The molecule has 4 nitrogen and oxygen atoms in total. The fourth-order valence-corrected chi connectivity index (χ4v) is 1.82. The number of nitrogens with one attached hydrogen (secondary N) is 1. The summed E-state index contributed by atoms with van der Waals surface area (Å²) in [7, 11) is 3.37. The van der Waals surface area contributed by atoms with E-state index in [0.717, 1.165) is 18.5 Å². The molecule has 1 atom stereocenters. The number of rotatable bonds is 7. The van der Waals surface area contributed by atoms with E-state index in [0.29, 0.717) is 11.9 Å². The Morgan fingerprint density at radius 1 is 1.33 bits per heavy atom. The van der Waals surface area contributed by atoms with Crippen LogP contribution in [-0.4, -0.2) is 30.8 Å². The molecule has 0 saturated heterocycles. The molecule has 1 N–H and O–H groups in total. The summed E-state index contributed by atoms with van der Waals surface area (Å²) in [5, 5.41) is 3.47. The first-order chi connectivity index (χ1) is 8.46. The van der Waals surface area contributed by atoms with Crippen molar-refractivity contribution in [2.24, 2.45) is 0 Å². The average Bonchev–Trinajstić information content (AvgIpc) is 2.36. The Morgan fingerprint density at radius 3 is 2.56 bits per heavy atom. The van der Waals surface area contributed by atoms with E-state index in [-0.39, 0.29) is 5.60 Å². The number of methoxy groups -OCH3 is 2. The van der Waals surface area contributed by atoms with E-state index in [1.54, 1.807) is 14.2 Å². The molecule has 0 aliphatic carbocycles. The number of hydrogen-bond donors (Lipinski definition) is 1. The third-order valence-electron chi connectivity index (χ3n) is 3.01. The maximum absolute atomic E-state index is 5.42. The summed E-state index contributed by atoms with van der Waals surface area (Å²) in [6.45, 7) is 7.16. The summed E-state index contributed by atoms with van der Waals surface area (Å²) in [4.78, 5) is 4.18. The van der Waals surface area contributed by atoms with Gasteiger partial charge in [0.1, 0.15) is 0 Å². The van der Waals surface area contributed by atoms with Crippen molar-refractivity contribution in [1.29, 1.82) is 0 Å². The van der Waals surface area contributed by atoms with Gasteiger partial charge in [-0.1, -0.05) is 6.07 Å². The predicted octanol–water partition coefficient (Wildman–Crippen LogP) is 2.38. The summed E-state index contributed by atoms with van der Waals surface area (Å²) in [6, 6.07) is 4.29. The molecule has 0 bridgehead atoms. The van der Waals surface area contributed by atoms with E-state index in [4.69, 9.17) is 9.47 Å². The number of pyridine rings is 1. The van der Waals surface area contributed by atoms with Gasteiger partial charge < -0.3 is 14.8 Å². The van der Waals surface area contributed by atoms with Gasteiger partial charge in [-0.05, 0) is 32.8 Å². The van der Waals surface area contributed by atoms with Crippen molar-refractivity contribution in [2.45, 2.75) is 45.4 Å². The Kier molecular flexibility index (Phi) is 5.56. The molecule has 1 heterocycles. The Hall–Kier alpha value is -1.13. The van der Waals surface area contributed by atoms with Gasteiger partial charge >= 0.3 is 0 Å². The zero-order valence-corrected chi connectivity index (χ0v) is 12.0. The standard InChI is InChI=1S/C14H24N2O2/c1-11(8-14(2,3)18-5)15-9-12-6-7-13(17-4)16-10-12/h6-7,10-11,15H,8-9H2,1-5H3. The first-order valence-corrected chi connectivity index (χ1v) is 6.24. The fourth-order valence-electron chi connectivity index (χ4n) is 1.82. The van der Waals surface area contributed by atoms with Gasteiger partial charge in [0.15, 0.2) is 0 Å². The summed E-state index contributed by atoms with van der Waals surface area (Å²) in [5.74, 6) is 0.646. The fraction of sp³-hybridized carbons (Fsp3) is 0.643. The van der Waals surface area contributed by atoms with Crippen LogP contribution in [0.5, 0.6) is 5.88 Å². The topological polar surface area (TPSA) is 43.4 Å². The van der Waals surface area contributed by atoms with E-state index in [1.165, 1.54) is 0 Å². The summed E-state index contributed by atoms with van der Waals surface area (Å²) < 4.78 is 10.4. The van der Waals surface area contributed by atoms with Crippen LogP contribution in [0, 0.1) is 0 Å². The second-order valence-corrected chi connectivity index (χ2v) is 5.16. The lowest BCUT2D eigenvalue weighted by molar-refractivity contribution is 0.00844. The Labute approximate surface area is 110 Å². The van der Waals surface area contributed by atoms with Gasteiger partial charge in [-0.15, -0.1) is 0 Å². The molecule has 1 aromatic heterocycles. The number of ether oxygens (including phenoxy) is 2. The quantitative estimate of drug-likeness (QED) is 0.809. The van der Waals surface area contributed by atoms with Crippen LogP contribution in [0.2, 0.25) is 0 Å². The third kappa shape index (κ3) is 5.02. The van der Waals surface area contributed by atoms with Crippen molar-refractivity contribution >= 4 is 0 Å². The van der Waals surface area contributed by atoms with Crippen molar-refractivity contribution in [3.63, 3.8) is 0 Å². The van der Waals surface area contributed by atoms with Crippen molar-refractivity contribution in [1.82, 2.24) is 10.3 Å². The highest BCUT2D eigenvalue weighted by Gasteiger charge is 2.19. The summed E-state index contributed by atoms with van der Waals surface area (Å²) in [6.07, 6.45) is 2.80. The highest BCUT2D eigenvalue weighted by molar-refractivity contribution is 5.17. The van der Waals surface area contributed by atoms with Crippen LogP contribution in [0.1, 0.15) is 32.8 Å².